The van der Waals surface area contributed by atoms with Gasteiger partial charge in [0.2, 0.25) is 0 Å². The number of rotatable bonds is 4. The summed E-state index contributed by atoms with van der Waals surface area (Å²) in [4.78, 5) is 9.94. The van der Waals surface area contributed by atoms with Crippen LogP contribution in [0.25, 0.3) is 0 Å². The lowest BCUT2D eigenvalue weighted by Crippen LogP contribution is -2.45. The highest BCUT2D eigenvalue weighted by molar-refractivity contribution is 5.15. The quantitative estimate of drug-likeness (QED) is 0.819. The Hall–Kier alpha value is -0.910. The van der Waals surface area contributed by atoms with Crippen molar-refractivity contribution < 1.29 is 4.74 Å². The van der Waals surface area contributed by atoms with Crippen LogP contribution in [0.1, 0.15) is 24.2 Å². The second-order valence-electron chi connectivity index (χ2n) is 5.47. The maximum absolute atomic E-state index is 5.68. The summed E-state index contributed by atoms with van der Waals surface area (Å²) in [6, 6.07) is 0.507. The van der Waals surface area contributed by atoms with Crippen LogP contribution in [0, 0.1) is 0 Å². The van der Waals surface area contributed by atoms with E-state index in [9.17, 15) is 0 Å². The summed E-state index contributed by atoms with van der Waals surface area (Å²) in [5.41, 5.74) is 2.47. The van der Waals surface area contributed by atoms with Gasteiger partial charge in [-0.2, -0.15) is 0 Å². The van der Waals surface area contributed by atoms with Crippen LogP contribution in [0.4, 0.5) is 0 Å². The van der Waals surface area contributed by atoms with Crippen LogP contribution >= 0.6 is 0 Å². The van der Waals surface area contributed by atoms with E-state index >= 15 is 0 Å². The fourth-order valence-corrected chi connectivity index (χ4v) is 2.95. The number of aromatic nitrogens is 2. The van der Waals surface area contributed by atoms with Crippen molar-refractivity contribution in [1.82, 2.24) is 20.2 Å². The number of hydrogen-bond donors (Lipinski definition) is 2. The average molecular weight is 250 g/mol. The number of ether oxygens (including phenoxy) is 1. The summed E-state index contributed by atoms with van der Waals surface area (Å²) in [5, 5.41) is 3.56. The van der Waals surface area contributed by atoms with E-state index in [1.165, 1.54) is 24.2 Å². The molecule has 5 heteroatoms. The highest BCUT2D eigenvalue weighted by Gasteiger charge is 2.23. The van der Waals surface area contributed by atoms with E-state index < -0.39 is 0 Å². The van der Waals surface area contributed by atoms with E-state index in [-0.39, 0.29) is 0 Å². The number of nitrogens with zero attached hydrogens (tertiary/aromatic N) is 2. The molecule has 2 N–H and O–H groups in total. The maximum Gasteiger partial charge on any atom is 0.0925 e. The van der Waals surface area contributed by atoms with Gasteiger partial charge in [0.05, 0.1) is 23.8 Å². The Morgan fingerprint density at radius 1 is 1.50 bits per heavy atom. The van der Waals surface area contributed by atoms with Gasteiger partial charge in [-0.1, -0.05) is 0 Å². The van der Waals surface area contributed by atoms with Gasteiger partial charge in [-0.25, -0.2) is 4.98 Å². The first-order valence-corrected chi connectivity index (χ1v) is 6.86. The predicted molar refractivity (Wildman–Crippen MR) is 69.4 cm³/mol. The lowest BCUT2D eigenvalue weighted by molar-refractivity contribution is 0.0780. The molecule has 1 saturated heterocycles. The Balaban J connectivity index is 1.48. The number of likely N-dealkylation sites (N-methyl/N-ethyl adjacent to an activating group) is 1. The summed E-state index contributed by atoms with van der Waals surface area (Å²) in [6.45, 7) is 3.96. The first-order valence-electron chi connectivity index (χ1n) is 6.86. The van der Waals surface area contributed by atoms with E-state index in [0.717, 1.165) is 32.7 Å². The molecule has 0 spiro atoms. The zero-order chi connectivity index (χ0) is 12.4. The molecule has 1 fully saturated rings. The van der Waals surface area contributed by atoms with E-state index in [2.05, 4.69) is 27.2 Å². The van der Waals surface area contributed by atoms with Gasteiger partial charge in [-0.3, -0.25) is 0 Å². The van der Waals surface area contributed by atoms with Crippen molar-refractivity contribution >= 4 is 0 Å². The molecule has 0 amide bonds. The monoisotopic (exact) mass is 250 g/mol. The van der Waals surface area contributed by atoms with Gasteiger partial charge in [0.25, 0.3) is 0 Å². The molecule has 5 nitrogen and oxygen atoms in total. The summed E-state index contributed by atoms with van der Waals surface area (Å²) in [6.07, 6.45) is 5.70. The molecule has 2 atom stereocenters. The van der Waals surface area contributed by atoms with Crippen LogP contribution in [0.2, 0.25) is 0 Å². The third-order valence-electron chi connectivity index (χ3n) is 3.89. The number of imidazole rings is 1. The lowest BCUT2D eigenvalue weighted by Gasteiger charge is -2.28. The predicted octanol–water partition coefficient (Wildman–Crippen LogP) is 0.535. The van der Waals surface area contributed by atoms with Crippen LogP contribution < -0.4 is 5.32 Å². The molecule has 1 aromatic rings. The molecule has 100 valence electrons. The van der Waals surface area contributed by atoms with Crippen LogP contribution in [-0.2, 0) is 17.7 Å². The summed E-state index contributed by atoms with van der Waals surface area (Å²) in [5.74, 6) is 0. The van der Waals surface area contributed by atoms with E-state index in [1.807, 2.05) is 0 Å². The van der Waals surface area contributed by atoms with Gasteiger partial charge in [0.1, 0.15) is 0 Å². The Labute approximate surface area is 108 Å². The van der Waals surface area contributed by atoms with Crippen LogP contribution in [-0.4, -0.2) is 53.8 Å². The third-order valence-corrected chi connectivity index (χ3v) is 3.89. The van der Waals surface area contributed by atoms with Crippen LogP contribution in [0.5, 0.6) is 0 Å². The normalized spacial score (nSPS) is 27.7. The molecule has 0 bridgehead atoms. The number of fused-ring (bicyclic) bond motifs is 1. The molecule has 0 aliphatic carbocycles. The van der Waals surface area contributed by atoms with Gasteiger partial charge in [0.15, 0.2) is 0 Å². The van der Waals surface area contributed by atoms with Gasteiger partial charge >= 0.3 is 0 Å². The Morgan fingerprint density at radius 3 is 3.28 bits per heavy atom. The van der Waals surface area contributed by atoms with Gasteiger partial charge < -0.3 is 19.9 Å². The van der Waals surface area contributed by atoms with Gasteiger partial charge in [0, 0.05) is 38.7 Å². The Morgan fingerprint density at radius 2 is 2.44 bits per heavy atom. The largest absolute Gasteiger partial charge is 0.377 e. The molecule has 0 radical (unpaired) electrons. The fraction of sp³-hybridized carbons (Fsp3) is 0.769. The molecule has 3 rings (SSSR count). The van der Waals surface area contributed by atoms with Gasteiger partial charge in [-0.05, 0) is 19.9 Å². The van der Waals surface area contributed by atoms with Crippen molar-refractivity contribution in [2.24, 2.45) is 0 Å². The summed E-state index contributed by atoms with van der Waals surface area (Å²) in [7, 11) is 2.18. The first-order chi connectivity index (χ1) is 8.81. The molecule has 3 heterocycles. The molecular formula is C13H22N4O. The first kappa shape index (κ1) is 12.1. The lowest BCUT2D eigenvalue weighted by atomic mass is 10.0. The molecule has 2 unspecified atom stereocenters. The number of H-pyrrole nitrogens is 1. The van der Waals surface area contributed by atoms with Crippen molar-refractivity contribution in [3.63, 3.8) is 0 Å². The minimum Gasteiger partial charge on any atom is -0.377 e. The standard InChI is InChI=1S/C13H22N4O/c1-17(8-11-3-2-4-18-11)7-10-5-12-13(6-14-10)16-9-15-12/h9-11,14H,2-8H2,1H3,(H,15,16). The Bertz CT molecular complexity index is 386. The van der Waals surface area contributed by atoms with Crippen molar-refractivity contribution in [2.45, 2.75) is 38.0 Å². The molecular weight excluding hydrogens is 228 g/mol. The minimum atomic E-state index is 0.444. The molecule has 2 aliphatic rings. The van der Waals surface area contributed by atoms with Crippen molar-refractivity contribution in [3.8, 4) is 0 Å². The fourth-order valence-electron chi connectivity index (χ4n) is 2.95. The second-order valence-corrected chi connectivity index (χ2v) is 5.47. The van der Waals surface area contributed by atoms with E-state index in [4.69, 9.17) is 4.74 Å². The smallest absolute Gasteiger partial charge is 0.0925 e. The molecule has 18 heavy (non-hydrogen) atoms. The zero-order valence-electron chi connectivity index (χ0n) is 11.0. The third kappa shape index (κ3) is 2.74. The number of nitrogens with one attached hydrogen (secondary N) is 2. The molecule has 0 saturated carbocycles. The highest BCUT2D eigenvalue weighted by Crippen LogP contribution is 2.15. The van der Waals surface area contributed by atoms with Gasteiger partial charge in [-0.15, -0.1) is 0 Å². The van der Waals surface area contributed by atoms with Crippen molar-refractivity contribution in [1.29, 1.82) is 0 Å². The number of aromatic amines is 1. The summed E-state index contributed by atoms with van der Waals surface area (Å²) >= 11 is 0. The highest BCUT2D eigenvalue weighted by atomic mass is 16.5. The molecule has 2 aliphatic heterocycles. The Kier molecular flexibility index (Phi) is 3.63. The topological polar surface area (TPSA) is 53.2 Å². The molecule has 0 aromatic carbocycles. The number of hydrogen-bond acceptors (Lipinski definition) is 4. The van der Waals surface area contributed by atoms with Crippen LogP contribution in [0.3, 0.4) is 0 Å². The maximum atomic E-state index is 5.68. The zero-order valence-corrected chi connectivity index (χ0v) is 11.0. The summed E-state index contributed by atoms with van der Waals surface area (Å²) < 4.78 is 5.68. The van der Waals surface area contributed by atoms with Crippen LogP contribution in [0.15, 0.2) is 6.33 Å². The average Bonchev–Trinajstić information content (AvgIpc) is 2.98. The van der Waals surface area contributed by atoms with Crippen molar-refractivity contribution in [2.75, 3.05) is 26.7 Å². The molecule has 1 aromatic heterocycles. The SMILES string of the molecule is CN(CC1Cc2nc[nH]c2CN1)CC1CCCO1. The van der Waals surface area contributed by atoms with E-state index in [0.29, 0.717) is 12.1 Å². The van der Waals surface area contributed by atoms with Crippen molar-refractivity contribution in [3.05, 3.63) is 17.7 Å². The minimum absolute atomic E-state index is 0.444. The second kappa shape index (κ2) is 5.38. The van der Waals surface area contributed by atoms with E-state index in [1.54, 1.807) is 6.33 Å².